The van der Waals surface area contributed by atoms with E-state index in [0.29, 0.717) is 0 Å². The summed E-state index contributed by atoms with van der Waals surface area (Å²) in [4.78, 5) is 0. The van der Waals surface area contributed by atoms with Crippen LogP contribution >= 0.6 is 22.6 Å². The van der Waals surface area contributed by atoms with Gasteiger partial charge < -0.3 is 0 Å². The molecule has 0 fully saturated rings. The highest BCUT2D eigenvalue weighted by Crippen LogP contribution is 2.47. The maximum absolute atomic E-state index is 4.52. The Hall–Kier alpha value is -1.49. The number of benzene rings is 2. The van der Waals surface area contributed by atoms with Crippen molar-refractivity contribution < 1.29 is 0 Å². The number of halogens is 1. The molecule has 0 bridgehead atoms. The van der Waals surface area contributed by atoms with Crippen LogP contribution in [0.15, 0.2) is 74.5 Å². The molecule has 1 unspecified atom stereocenters. The van der Waals surface area contributed by atoms with E-state index in [1.807, 2.05) is 36.4 Å². The van der Waals surface area contributed by atoms with Gasteiger partial charge in [0.15, 0.2) is 0 Å². The predicted molar refractivity (Wildman–Crippen MR) is 86.0 cm³/mol. The van der Waals surface area contributed by atoms with Crippen molar-refractivity contribution in [1.82, 2.24) is 0 Å². The van der Waals surface area contributed by atoms with Crippen LogP contribution in [-0.4, -0.2) is 0 Å². The molecule has 0 saturated carbocycles. The Bertz CT molecular complexity index is 647. The molecule has 0 radical (unpaired) electrons. The molecule has 1 aliphatic heterocycles. The molecule has 2 aromatic carbocycles. The van der Waals surface area contributed by atoms with E-state index < -0.39 is 0 Å². The molecule has 1 aliphatic rings. The van der Waals surface area contributed by atoms with Gasteiger partial charge in [-0.25, -0.2) is 0 Å². The second-order valence-electron chi connectivity index (χ2n) is 4.67. The largest absolute Gasteiger partial charge is 0.172 e. The lowest BCUT2D eigenvalue weighted by molar-refractivity contribution is 0.617. The van der Waals surface area contributed by atoms with Crippen LogP contribution in [0.5, 0.6) is 0 Å². The first-order valence-electron chi connectivity index (χ1n) is 6.16. The molecular weight excluding hydrogens is 347 g/mol. The van der Waals surface area contributed by atoms with Crippen LogP contribution in [0.3, 0.4) is 0 Å². The van der Waals surface area contributed by atoms with Crippen LogP contribution in [0.1, 0.15) is 18.1 Å². The third-order valence-electron chi connectivity index (χ3n) is 3.37. The van der Waals surface area contributed by atoms with E-state index in [0.717, 1.165) is 11.3 Å². The number of rotatable bonds is 2. The van der Waals surface area contributed by atoms with Crippen LogP contribution in [0.2, 0.25) is 0 Å². The molecule has 19 heavy (non-hydrogen) atoms. The molecule has 2 nitrogen and oxygen atoms in total. The van der Waals surface area contributed by atoms with E-state index in [1.165, 1.54) is 9.14 Å². The Labute approximate surface area is 126 Å². The van der Waals surface area contributed by atoms with Gasteiger partial charge in [0.1, 0.15) is 11.2 Å². The first-order chi connectivity index (χ1) is 9.22. The average molecular weight is 360 g/mol. The van der Waals surface area contributed by atoms with Crippen molar-refractivity contribution >= 4 is 28.3 Å². The third-order valence-corrected chi connectivity index (χ3v) is 4.93. The molecule has 0 aliphatic carbocycles. The summed E-state index contributed by atoms with van der Waals surface area (Å²) in [6.45, 7) is 2.11. The fourth-order valence-electron chi connectivity index (χ4n) is 2.20. The monoisotopic (exact) mass is 360 g/mol. The van der Waals surface area contributed by atoms with Crippen molar-refractivity contribution in [3.05, 3.63) is 75.4 Å². The first kappa shape index (κ1) is 12.5. The molecule has 94 valence electrons. The Balaban J connectivity index is 2.09. The zero-order valence-electron chi connectivity index (χ0n) is 10.5. The molecule has 0 aromatic heterocycles. The minimum absolute atomic E-state index is 0.354. The van der Waals surface area contributed by atoms with Gasteiger partial charge >= 0.3 is 0 Å². The highest BCUT2D eigenvalue weighted by molar-refractivity contribution is 14.1. The number of hydrogen-bond acceptors (Lipinski definition) is 2. The minimum atomic E-state index is -0.354. The Morgan fingerprint density at radius 2 is 1.47 bits per heavy atom. The van der Waals surface area contributed by atoms with Gasteiger partial charge in [0.25, 0.3) is 0 Å². The molecule has 0 N–H and O–H groups in total. The average Bonchev–Trinajstić information content (AvgIpc) is 2.78. The highest BCUT2D eigenvalue weighted by Gasteiger charge is 2.36. The molecule has 0 amide bonds. The molecular formula is C16H13IN2. The summed E-state index contributed by atoms with van der Waals surface area (Å²) in [6, 6.07) is 20.5. The Kier molecular flexibility index (Phi) is 3.22. The molecule has 1 heterocycles. The van der Waals surface area contributed by atoms with E-state index in [1.54, 1.807) is 0 Å². The van der Waals surface area contributed by atoms with Crippen molar-refractivity contribution in [2.45, 2.75) is 12.5 Å². The standard InChI is InChI=1S/C16H13IN2/c1-16(13-10-6-3-7-11-13)15(17)14(18-19-16)12-8-4-2-5-9-12/h2-11H,1H3. The van der Waals surface area contributed by atoms with E-state index in [-0.39, 0.29) is 5.54 Å². The number of hydrogen-bond donors (Lipinski definition) is 0. The summed E-state index contributed by atoms with van der Waals surface area (Å²) in [6.07, 6.45) is 0. The second kappa shape index (κ2) is 4.89. The van der Waals surface area contributed by atoms with Crippen molar-refractivity contribution in [2.24, 2.45) is 10.2 Å². The van der Waals surface area contributed by atoms with E-state index in [9.17, 15) is 0 Å². The zero-order chi connectivity index (χ0) is 13.3. The van der Waals surface area contributed by atoms with Gasteiger partial charge in [0, 0.05) is 5.56 Å². The number of azo groups is 1. The van der Waals surface area contributed by atoms with Gasteiger partial charge in [-0.15, -0.1) is 0 Å². The van der Waals surface area contributed by atoms with Crippen LogP contribution < -0.4 is 0 Å². The maximum Gasteiger partial charge on any atom is 0.137 e. The maximum atomic E-state index is 4.52. The van der Waals surface area contributed by atoms with Gasteiger partial charge in [-0.05, 0) is 35.1 Å². The van der Waals surface area contributed by atoms with E-state index >= 15 is 0 Å². The molecule has 0 saturated heterocycles. The van der Waals surface area contributed by atoms with Gasteiger partial charge in [-0.3, -0.25) is 0 Å². The van der Waals surface area contributed by atoms with Crippen molar-refractivity contribution in [1.29, 1.82) is 0 Å². The topological polar surface area (TPSA) is 24.7 Å². The number of nitrogens with zero attached hydrogens (tertiary/aromatic N) is 2. The molecule has 3 heteroatoms. The van der Waals surface area contributed by atoms with E-state index in [4.69, 9.17) is 0 Å². The molecule has 0 spiro atoms. The fraction of sp³-hybridized carbons (Fsp3) is 0.125. The highest BCUT2D eigenvalue weighted by atomic mass is 127. The van der Waals surface area contributed by atoms with Crippen LogP contribution in [0.4, 0.5) is 0 Å². The van der Waals surface area contributed by atoms with Crippen molar-refractivity contribution in [3.63, 3.8) is 0 Å². The lowest BCUT2D eigenvalue weighted by atomic mass is 9.92. The summed E-state index contributed by atoms with van der Waals surface area (Å²) < 4.78 is 1.17. The van der Waals surface area contributed by atoms with Gasteiger partial charge in [-0.1, -0.05) is 60.7 Å². The first-order valence-corrected chi connectivity index (χ1v) is 7.24. The van der Waals surface area contributed by atoms with Crippen molar-refractivity contribution in [3.8, 4) is 0 Å². The summed E-state index contributed by atoms with van der Waals surface area (Å²) in [5, 5.41) is 8.93. The normalized spacial score (nSPS) is 22.0. The molecule has 1 atom stereocenters. The van der Waals surface area contributed by atoms with Crippen LogP contribution in [-0.2, 0) is 5.54 Å². The van der Waals surface area contributed by atoms with Crippen LogP contribution in [0.25, 0.3) is 5.70 Å². The Morgan fingerprint density at radius 3 is 2.11 bits per heavy atom. The zero-order valence-corrected chi connectivity index (χ0v) is 12.7. The van der Waals surface area contributed by atoms with Gasteiger partial charge in [0.05, 0.1) is 3.58 Å². The third kappa shape index (κ3) is 2.12. The summed E-state index contributed by atoms with van der Waals surface area (Å²) >= 11 is 2.37. The second-order valence-corrected chi connectivity index (χ2v) is 5.75. The van der Waals surface area contributed by atoms with Crippen molar-refractivity contribution in [2.75, 3.05) is 0 Å². The quantitative estimate of drug-likeness (QED) is 0.660. The lowest BCUT2D eigenvalue weighted by Crippen LogP contribution is -2.16. The Morgan fingerprint density at radius 1 is 0.895 bits per heavy atom. The van der Waals surface area contributed by atoms with Gasteiger partial charge in [-0.2, -0.15) is 10.2 Å². The summed E-state index contributed by atoms with van der Waals surface area (Å²) in [5.41, 5.74) is 2.92. The smallest absolute Gasteiger partial charge is 0.137 e. The fourth-order valence-corrected chi connectivity index (χ4v) is 3.03. The minimum Gasteiger partial charge on any atom is -0.172 e. The predicted octanol–water partition coefficient (Wildman–Crippen LogP) is 5.17. The van der Waals surface area contributed by atoms with Crippen LogP contribution in [0, 0.1) is 0 Å². The summed E-state index contributed by atoms with van der Waals surface area (Å²) in [5.74, 6) is 0. The van der Waals surface area contributed by atoms with Gasteiger partial charge in [0.2, 0.25) is 0 Å². The SMILES string of the molecule is CC1(c2ccccc2)N=NC(c2ccccc2)=C1I. The molecule has 2 aromatic rings. The lowest BCUT2D eigenvalue weighted by Gasteiger charge is -2.20. The summed E-state index contributed by atoms with van der Waals surface area (Å²) in [7, 11) is 0. The van der Waals surface area contributed by atoms with E-state index in [2.05, 4.69) is 64.0 Å². The molecule has 3 rings (SSSR count).